The van der Waals surface area contributed by atoms with Crippen LogP contribution in [0.4, 0.5) is 5.69 Å². The first-order chi connectivity index (χ1) is 12.8. The van der Waals surface area contributed by atoms with Crippen LogP contribution in [0.1, 0.15) is 16.1 Å². The van der Waals surface area contributed by atoms with Crippen molar-refractivity contribution < 1.29 is 13.2 Å². The third-order valence-corrected chi connectivity index (χ3v) is 5.58. The van der Waals surface area contributed by atoms with Gasteiger partial charge in [0, 0.05) is 28.2 Å². The molecule has 7 heteroatoms. The molecule has 0 aliphatic rings. The van der Waals surface area contributed by atoms with E-state index < -0.39 is 9.84 Å². The van der Waals surface area contributed by atoms with E-state index in [2.05, 4.69) is 20.9 Å². The van der Waals surface area contributed by atoms with Crippen LogP contribution in [0, 0.1) is 0 Å². The zero-order chi connectivity index (χ0) is 19.4. The largest absolute Gasteiger partial charge is 0.302 e. The average molecular weight is 445 g/mol. The number of carbonyl (C=O) groups is 1. The fraction of sp³-hybridized carbons (Fsp3) is 0.100. The van der Waals surface area contributed by atoms with E-state index in [9.17, 15) is 13.2 Å². The van der Waals surface area contributed by atoms with Crippen LogP contribution in [-0.4, -0.2) is 25.6 Å². The first-order valence-corrected chi connectivity index (χ1v) is 10.8. The summed E-state index contributed by atoms with van der Waals surface area (Å²) in [6.45, 7) is 0.268. The molecule has 138 valence electrons. The van der Waals surface area contributed by atoms with E-state index in [4.69, 9.17) is 0 Å². The molecule has 0 atom stereocenters. The van der Waals surface area contributed by atoms with Crippen molar-refractivity contribution in [1.29, 1.82) is 0 Å². The predicted octanol–water partition coefficient (Wildman–Crippen LogP) is 4.09. The highest BCUT2D eigenvalue weighted by Gasteiger charge is 2.20. The van der Waals surface area contributed by atoms with E-state index >= 15 is 0 Å². The van der Waals surface area contributed by atoms with Gasteiger partial charge in [-0.15, -0.1) is 0 Å². The molecule has 0 bridgehead atoms. The number of halogens is 1. The highest BCUT2D eigenvalue weighted by Crippen LogP contribution is 2.23. The highest BCUT2D eigenvalue weighted by atomic mass is 79.9. The Kier molecular flexibility index (Phi) is 5.72. The van der Waals surface area contributed by atoms with Crippen LogP contribution in [-0.2, 0) is 16.4 Å². The maximum atomic E-state index is 13.2. The van der Waals surface area contributed by atoms with Gasteiger partial charge in [0.2, 0.25) is 0 Å². The lowest BCUT2D eigenvalue weighted by Gasteiger charge is -2.23. The number of hydrogen-bond donors (Lipinski definition) is 0. The summed E-state index contributed by atoms with van der Waals surface area (Å²) < 4.78 is 24.6. The first kappa shape index (κ1) is 19.3. The summed E-state index contributed by atoms with van der Waals surface area (Å²) in [4.78, 5) is 19.2. The van der Waals surface area contributed by atoms with Crippen molar-refractivity contribution in [3.63, 3.8) is 0 Å². The van der Waals surface area contributed by atoms with E-state index in [1.807, 2.05) is 42.5 Å². The molecule has 0 spiro atoms. The van der Waals surface area contributed by atoms with Crippen LogP contribution in [0.5, 0.6) is 0 Å². The Labute approximate surface area is 166 Å². The van der Waals surface area contributed by atoms with Gasteiger partial charge in [0.1, 0.15) is 0 Å². The van der Waals surface area contributed by atoms with Crippen molar-refractivity contribution in [2.45, 2.75) is 11.4 Å². The number of rotatable bonds is 5. The molecule has 3 rings (SSSR count). The van der Waals surface area contributed by atoms with Crippen molar-refractivity contribution in [3.05, 3.63) is 88.7 Å². The molecule has 1 heterocycles. The zero-order valence-corrected chi connectivity index (χ0v) is 16.9. The Balaban J connectivity index is 2.02. The molecule has 0 saturated carbocycles. The van der Waals surface area contributed by atoms with Gasteiger partial charge >= 0.3 is 0 Å². The maximum Gasteiger partial charge on any atom is 0.258 e. The van der Waals surface area contributed by atoms with Crippen LogP contribution < -0.4 is 4.90 Å². The fourth-order valence-electron chi connectivity index (χ4n) is 2.57. The summed E-state index contributed by atoms with van der Waals surface area (Å²) in [5.74, 6) is -0.298. The molecule has 0 saturated heterocycles. The summed E-state index contributed by atoms with van der Waals surface area (Å²) in [5.41, 5.74) is 1.73. The summed E-state index contributed by atoms with van der Waals surface area (Å²) >= 11 is 3.39. The molecule has 0 fully saturated rings. The lowest BCUT2D eigenvalue weighted by Crippen LogP contribution is -2.30. The number of aromatic nitrogens is 1. The van der Waals surface area contributed by atoms with Crippen LogP contribution >= 0.6 is 15.9 Å². The Bertz CT molecular complexity index is 1050. The van der Waals surface area contributed by atoms with Crippen molar-refractivity contribution >= 4 is 37.4 Å². The van der Waals surface area contributed by atoms with Crippen LogP contribution in [0.25, 0.3) is 0 Å². The van der Waals surface area contributed by atoms with E-state index in [1.54, 1.807) is 23.2 Å². The van der Waals surface area contributed by atoms with Gasteiger partial charge in [0.15, 0.2) is 9.84 Å². The van der Waals surface area contributed by atoms with Gasteiger partial charge in [-0.25, -0.2) is 8.42 Å². The molecule has 1 amide bonds. The number of pyridine rings is 1. The normalized spacial score (nSPS) is 11.2. The van der Waals surface area contributed by atoms with E-state index in [-0.39, 0.29) is 17.3 Å². The number of sulfone groups is 1. The van der Waals surface area contributed by atoms with Gasteiger partial charge in [-0.2, -0.15) is 0 Å². The summed E-state index contributed by atoms with van der Waals surface area (Å²) in [5, 5.41) is 0. The van der Waals surface area contributed by atoms with Gasteiger partial charge in [-0.05, 0) is 54.6 Å². The predicted molar refractivity (Wildman–Crippen MR) is 108 cm³/mol. The summed E-state index contributed by atoms with van der Waals surface area (Å²) in [6.07, 6.45) is 2.79. The number of benzene rings is 2. The Morgan fingerprint density at radius 2 is 1.78 bits per heavy atom. The molecule has 0 unspecified atom stereocenters. The summed E-state index contributed by atoms with van der Waals surface area (Å²) in [7, 11) is -3.40. The second-order valence-corrected chi connectivity index (χ2v) is 8.92. The molecular weight excluding hydrogens is 428 g/mol. The number of nitrogens with zero attached hydrogens (tertiary/aromatic N) is 2. The highest BCUT2D eigenvalue weighted by molar-refractivity contribution is 9.10. The standard InChI is InChI=1S/C20H17BrN2O3S/c1-27(25,26)19-7-4-5-15(13-19)20(24)23(14-17-6-2-3-12-22-17)18-10-8-16(21)9-11-18/h2-13H,14H2,1H3. The Morgan fingerprint density at radius 3 is 2.41 bits per heavy atom. The number of amides is 1. The summed E-state index contributed by atoms with van der Waals surface area (Å²) in [6, 6.07) is 18.9. The van der Waals surface area contributed by atoms with Gasteiger partial charge in [-0.3, -0.25) is 9.78 Å². The number of carbonyl (C=O) groups excluding carboxylic acids is 1. The molecular formula is C20H17BrN2O3S. The van der Waals surface area contributed by atoms with Gasteiger partial charge < -0.3 is 4.90 Å². The van der Waals surface area contributed by atoms with Crippen molar-refractivity contribution in [1.82, 2.24) is 4.98 Å². The minimum absolute atomic E-state index is 0.113. The molecule has 5 nitrogen and oxygen atoms in total. The van der Waals surface area contributed by atoms with Crippen LogP contribution in [0.2, 0.25) is 0 Å². The smallest absolute Gasteiger partial charge is 0.258 e. The molecule has 0 N–H and O–H groups in total. The zero-order valence-electron chi connectivity index (χ0n) is 14.5. The van der Waals surface area contributed by atoms with E-state index in [1.165, 1.54) is 12.1 Å². The number of hydrogen-bond acceptors (Lipinski definition) is 4. The maximum absolute atomic E-state index is 13.2. The molecule has 3 aromatic rings. The quantitative estimate of drug-likeness (QED) is 0.593. The van der Waals surface area contributed by atoms with E-state index in [0.717, 1.165) is 16.4 Å². The SMILES string of the molecule is CS(=O)(=O)c1cccc(C(=O)N(Cc2ccccn2)c2ccc(Br)cc2)c1. The minimum Gasteiger partial charge on any atom is -0.302 e. The number of anilines is 1. The van der Waals surface area contributed by atoms with Crippen LogP contribution in [0.15, 0.2) is 82.3 Å². The van der Waals surface area contributed by atoms with E-state index in [0.29, 0.717) is 11.3 Å². The lowest BCUT2D eigenvalue weighted by atomic mass is 10.1. The average Bonchev–Trinajstić information content (AvgIpc) is 2.67. The molecule has 27 heavy (non-hydrogen) atoms. The molecule has 0 radical (unpaired) electrons. The van der Waals surface area contributed by atoms with Gasteiger partial charge in [-0.1, -0.05) is 28.1 Å². The Hall–Kier alpha value is -2.51. The Morgan fingerprint density at radius 1 is 1.04 bits per heavy atom. The first-order valence-electron chi connectivity index (χ1n) is 8.12. The van der Waals surface area contributed by atoms with Crippen molar-refractivity contribution in [2.24, 2.45) is 0 Å². The molecule has 1 aromatic heterocycles. The third-order valence-electron chi connectivity index (χ3n) is 3.94. The second kappa shape index (κ2) is 8.02. The molecule has 0 aliphatic carbocycles. The topological polar surface area (TPSA) is 67.3 Å². The third kappa shape index (κ3) is 4.81. The van der Waals surface area contributed by atoms with Crippen LogP contribution in [0.3, 0.4) is 0 Å². The van der Waals surface area contributed by atoms with Crippen molar-refractivity contribution in [3.8, 4) is 0 Å². The minimum atomic E-state index is -3.40. The van der Waals surface area contributed by atoms with Gasteiger partial charge in [0.25, 0.3) is 5.91 Å². The fourth-order valence-corrected chi connectivity index (χ4v) is 3.50. The lowest BCUT2D eigenvalue weighted by molar-refractivity contribution is 0.0984. The van der Waals surface area contributed by atoms with Crippen molar-refractivity contribution in [2.75, 3.05) is 11.2 Å². The monoisotopic (exact) mass is 444 g/mol. The second-order valence-electron chi connectivity index (χ2n) is 5.99. The molecule has 0 aliphatic heterocycles. The van der Waals surface area contributed by atoms with Gasteiger partial charge in [0.05, 0.1) is 17.1 Å². The molecule has 2 aromatic carbocycles.